The molecule has 1 aromatic heterocycles. The molecule has 4 atom stereocenters. The van der Waals surface area contributed by atoms with E-state index in [9.17, 15) is 4.79 Å². The number of fused-ring (bicyclic) bond motifs is 1. The third kappa shape index (κ3) is 4.15. The number of nitrogens with zero attached hydrogens (tertiary/aromatic N) is 2. The van der Waals surface area contributed by atoms with E-state index in [1.165, 1.54) is 49.7 Å². The van der Waals surface area contributed by atoms with Crippen LogP contribution in [-0.2, 0) is 11.2 Å². The van der Waals surface area contributed by atoms with E-state index in [0.717, 1.165) is 17.7 Å². The van der Waals surface area contributed by atoms with Crippen LogP contribution in [0.1, 0.15) is 87.9 Å². The Labute approximate surface area is 181 Å². The Kier molecular flexibility index (Phi) is 6.52. The molecule has 2 aliphatic heterocycles. The Morgan fingerprint density at radius 1 is 1.17 bits per heavy atom. The largest absolute Gasteiger partial charge is 0.325 e. The minimum absolute atomic E-state index is 0.0810. The van der Waals surface area contributed by atoms with Crippen LogP contribution < -0.4 is 5.32 Å². The minimum atomic E-state index is -0.171. The maximum atomic E-state index is 12.9. The zero-order chi connectivity index (χ0) is 21.1. The van der Waals surface area contributed by atoms with Gasteiger partial charge in [0.05, 0.1) is 5.92 Å². The summed E-state index contributed by atoms with van der Waals surface area (Å²) in [5.41, 5.74) is 4.73. The Balaban J connectivity index is 1.73. The highest BCUT2D eigenvalue weighted by Gasteiger charge is 2.35. The van der Waals surface area contributed by atoms with E-state index in [0.29, 0.717) is 18.1 Å². The third-order valence-electron chi connectivity index (χ3n) is 7.09. The van der Waals surface area contributed by atoms with Crippen molar-refractivity contribution in [1.82, 2.24) is 9.88 Å². The molecule has 0 bridgehead atoms. The third-order valence-corrected chi connectivity index (χ3v) is 7.09. The van der Waals surface area contributed by atoms with E-state index in [1.807, 2.05) is 18.3 Å². The number of aromatic nitrogens is 1. The Morgan fingerprint density at radius 3 is 2.67 bits per heavy atom. The van der Waals surface area contributed by atoms with Gasteiger partial charge in [-0.25, -0.2) is 0 Å². The van der Waals surface area contributed by atoms with Gasteiger partial charge in [-0.15, -0.1) is 0 Å². The molecule has 1 fully saturated rings. The average Bonchev–Trinajstić information content (AvgIpc) is 2.75. The molecule has 0 radical (unpaired) electrons. The molecule has 4 nitrogen and oxygen atoms in total. The number of benzene rings is 1. The number of carbonyl (C=O) groups is 1. The zero-order valence-electron chi connectivity index (χ0n) is 18.6. The summed E-state index contributed by atoms with van der Waals surface area (Å²) in [5, 5.41) is 3.20. The number of pyridine rings is 1. The number of likely N-dealkylation sites (tertiary alicyclic amines) is 1. The molecule has 2 aromatic rings. The molecule has 3 heterocycles. The van der Waals surface area contributed by atoms with E-state index >= 15 is 0 Å². The quantitative estimate of drug-likeness (QED) is 0.655. The van der Waals surface area contributed by atoms with Gasteiger partial charge in [-0.1, -0.05) is 44.4 Å². The number of rotatable bonds is 6. The highest BCUT2D eigenvalue weighted by atomic mass is 16.1. The summed E-state index contributed by atoms with van der Waals surface area (Å²) in [6.45, 7) is 7.06. The number of unbranched alkanes of at least 4 members (excludes halogenated alkanes) is 1. The SMILES string of the molecule is CCCCC(c1cccc2c1CC(c1cccnc1)C(=O)N2)N1C(C)CCCC1C. The number of anilines is 1. The van der Waals surface area contributed by atoms with E-state index in [1.54, 1.807) is 6.20 Å². The van der Waals surface area contributed by atoms with Gasteiger partial charge in [0.15, 0.2) is 0 Å². The fraction of sp³-hybridized carbons (Fsp3) is 0.538. The highest BCUT2D eigenvalue weighted by Crippen LogP contribution is 2.41. The van der Waals surface area contributed by atoms with Crippen LogP contribution in [-0.4, -0.2) is 27.9 Å². The second-order valence-electron chi connectivity index (χ2n) is 9.14. The lowest BCUT2D eigenvalue weighted by Crippen LogP contribution is -2.46. The summed E-state index contributed by atoms with van der Waals surface area (Å²) in [7, 11) is 0. The maximum absolute atomic E-state index is 12.9. The molecule has 4 rings (SSSR count). The predicted octanol–water partition coefficient (Wildman–Crippen LogP) is 5.85. The topological polar surface area (TPSA) is 45.2 Å². The standard InChI is InChI=1S/C26H35N3O/c1-4-5-14-25(29-18(2)9-6-10-19(29)3)21-12-7-13-24-23(21)16-22(26(30)28-24)20-11-8-15-27-17-20/h7-8,11-13,15,17-19,22,25H,4-6,9-10,14,16H2,1-3H3,(H,28,30). The van der Waals surface area contributed by atoms with Crippen LogP contribution in [0.25, 0.3) is 0 Å². The van der Waals surface area contributed by atoms with Crippen molar-refractivity contribution in [3.05, 3.63) is 59.4 Å². The maximum Gasteiger partial charge on any atom is 0.232 e. The lowest BCUT2D eigenvalue weighted by atomic mass is 9.82. The van der Waals surface area contributed by atoms with Crippen molar-refractivity contribution in [1.29, 1.82) is 0 Å². The van der Waals surface area contributed by atoms with Gasteiger partial charge in [0.2, 0.25) is 5.91 Å². The summed E-state index contributed by atoms with van der Waals surface area (Å²) >= 11 is 0. The van der Waals surface area contributed by atoms with Crippen LogP contribution in [0.4, 0.5) is 5.69 Å². The molecule has 4 unspecified atom stereocenters. The molecule has 30 heavy (non-hydrogen) atoms. The number of hydrogen-bond donors (Lipinski definition) is 1. The van der Waals surface area contributed by atoms with Gasteiger partial charge >= 0.3 is 0 Å². The lowest BCUT2D eigenvalue weighted by Gasteiger charge is -2.45. The van der Waals surface area contributed by atoms with Crippen molar-refractivity contribution in [2.45, 2.75) is 89.8 Å². The van der Waals surface area contributed by atoms with E-state index in [2.05, 4.69) is 54.2 Å². The van der Waals surface area contributed by atoms with Gasteiger partial charge in [0, 0.05) is 36.2 Å². The van der Waals surface area contributed by atoms with E-state index in [-0.39, 0.29) is 11.8 Å². The molecular weight excluding hydrogens is 370 g/mol. The summed E-state index contributed by atoms with van der Waals surface area (Å²) in [6, 6.07) is 12.0. The van der Waals surface area contributed by atoms with Crippen molar-refractivity contribution >= 4 is 11.6 Å². The van der Waals surface area contributed by atoms with Crippen molar-refractivity contribution in [2.24, 2.45) is 0 Å². The first-order valence-corrected chi connectivity index (χ1v) is 11.7. The summed E-state index contributed by atoms with van der Waals surface area (Å²) in [6.07, 6.45) is 11.8. The minimum Gasteiger partial charge on any atom is -0.325 e. The Morgan fingerprint density at radius 2 is 1.97 bits per heavy atom. The number of carbonyl (C=O) groups excluding carboxylic acids is 1. The Bertz CT molecular complexity index is 856. The summed E-state index contributed by atoms with van der Waals surface area (Å²) in [5.74, 6) is -0.0900. The van der Waals surface area contributed by atoms with Gasteiger partial charge < -0.3 is 5.32 Å². The molecule has 0 spiro atoms. The van der Waals surface area contributed by atoms with Crippen LogP contribution in [0.15, 0.2) is 42.7 Å². The Hall–Kier alpha value is -2.20. The molecule has 160 valence electrons. The number of amides is 1. The van der Waals surface area contributed by atoms with E-state index in [4.69, 9.17) is 0 Å². The second kappa shape index (κ2) is 9.30. The monoisotopic (exact) mass is 405 g/mol. The first-order chi connectivity index (χ1) is 14.6. The molecule has 1 saturated heterocycles. The van der Waals surface area contributed by atoms with Gasteiger partial charge in [-0.2, -0.15) is 0 Å². The van der Waals surface area contributed by atoms with Gasteiger partial charge in [-0.05, 0) is 68.4 Å². The number of piperidine rings is 1. The summed E-state index contributed by atoms with van der Waals surface area (Å²) < 4.78 is 0. The first kappa shape index (κ1) is 21.0. The molecule has 0 aliphatic carbocycles. The van der Waals surface area contributed by atoms with Crippen molar-refractivity contribution in [3.8, 4) is 0 Å². The van der Waals surface area contributed by atoms with Gasteiger partial charge in [0.1, 0.15) is 0 Å². The zero-order valence-corrected chi connectivity index (χ0v) is 18.6. The van der Waals surface area contributed by atoms with Crippen LogP contribution in [0.5, 0.6) is 0 Å². The van der Waals surface area contributed by atoms with Crippen LogP contribution in [0.2, 0.25) is 0 Å². The number of nitrogens with one attached hydrogen (secondary N) is 1. The molecular formula is C26H35N3O. The van der Waals surface area contributed by atoms with E-state index < -0.39 is 0 Å². The van der Waals surface area contributed by atoms with Crippen molar-refractivity contribution in [2.75, 3.05) is 5.32 Å². The first-order valence-electron chi connectivity index (χ1n) is 11.7. The highest BCUT2D eigenvalue weighted by molar-refractivity contribution is 5.99. The predicted molar refractivity (Wildman–Crippen MR) is 123 cm³/mol. The average molecular weight is 406 g/mol. The molecule has 2 aliphatic rings. The number of hydrogen-bond acceptors (Lipinski definition) is 3. The molecule has 1 aromatic carbocycles. The molecule has 0 saturated carbocycles. The normalized spacial score (nSPS) is 25.4. The fourth-order valence-electron chi connectivity index (χ4n) is 5.55. The van der Waals surface area contributed by atoms with Crippen LogP contribution in [0.3, 0.4) is 0 Å². The van der Waals surface area contributed by atoms with Crippen LogP contribution in [0, 0.1) is 0 Å². The van der Waals surface area contributed by atoms with Gasteiger partial charge in [-0.3, -0.25) is 14.7 Å². The van der Waals surface area contributed by atoms with Crippen molar-refractivity contribution < 1.29 is 4.79 Å². The lowest BCUT2D eigenvalue weighted by molar-refractivity contribution is -0.117. The van der Waals surface area contributed by atoms with Crippen molar-refractivity contribution in [3.63, 3.8) is 0 Å². The summed E-state index contributed by atoms with van der Waals surface area (Å²) in [4.78, 5) is 19.9. The molecule has 4 heteroatoms. The molecule has 1 N–H and O–H groups in total. The van der Waals surface area contributed by atoms with Gasteiger partial charge in [0.25, 0.3) is 0 Å². The smallest absolute Gasteiger partial charge is 0.232 e. The van der Waals surface area contributed by atoms with Crippen LogP contribution >= 0.6 is 0 Å². The fourth-order valence-corrected chi connectivity index (χ4v) is 5.55. The second-order valence-corrected chi connectivity index (χ2v) is 9.14. The molecule has 1 amide bonds.